The molecular formula is C10H17N3O2S2. The topological polar surface area (TPSA) is 75.4 Å². The second-order valence-electron chi connectivity index (χ2n) is 4.32. The van der Waals surface area contributed by atoms with Crippen LogP contribution in [0, 0.1) is 0 Å². The summed E-state index contributed by atoms with van der Waals surface area (Å²) in [6.07, 6.45) is 0.865. The van der Waals surface area contributed by atoms with E-state index in [0.717, 1.165) is 24.4 Å². The van der Waals surface area contributed by atoms with Crippen LogP contribution in [-0.4, -0.2) is 39.5 Å². The molecule has 1 atom stereocenters. The largest absolute Gasteiger partial charge is 0.326 e. The normalized spacial score (nSPS) is 22.1. The lowest BCUT2D eigenvalue weighted by atomic mass is 10.3. The molecule has 0 aromatic carbocycles. The van der Waals surface area contributed by atoms with E-state index in [9.17, 15) is 8.42 Å². The molecule has 0 spiro atoms. The van der Waals surface area contributed by atoms with Crippen molar-refractivity contribution >= 4 is 21.4 Å². The number of likely N-dealkylation sites (tertiary alicyclic amines) is 1. The smallest absolute Gasteiger partial charge is 0.241 e. The molecule has 1 aromatic heterocycles. The van der Waals surface area contributed by atoms with Crippen LogP contribution in [0.4, 0.5) is 0 Å². The lowest BCUT2D eigenvalue weighted by molar-refractivity contribution is 0.407. The van der Waals surface area contributed by atoms with E-state index in [1.165, 1.54) is 11.3 Å². The molecule has 1 fully saturated rings. The van der Waals surface area contributed by atoms with Crippen molar-refractivity contribution in [1.29, 1.82) is 0 Å². The maximum Gasteiger partial charge on any atom is 0.241 e. The van der Waals surface area contributed by atoms with Gasteiger partial charge in [0.2, 0.25) is 10.0 Å². The van der Waals surface area contributed by atoms with Crippen molar-refractivity contribution in [3.8, 4) is 0 Å². The van der Waals surface area contributed by atoms with E-state index in [2.05, 4.69) is 9.62 Å². The number of nitrogens with two attached hydrogens (primary N) is 1. The monoisotopic (exact) mass is 275 g/mol. The minimum atomic E-state index is -3.38. The average molecular weight is 275 g/mol. The van der Waals surface area contributed by atoms with Gasteiger partial charge in [0, 0.05) is 29.4 Å². The van der Waals surface area contributed by atoms with Crippen LogP contribution in [0.3, 0.4) is 0 Å². The summed E-state index contributed by atoms with van der Waals surface area (Å²) in [6, 6.07) is 1.66. The summed E-state index contributed by atoms with van der Waals surface area (Å²) in [7, 11) is -1.39. The Bertz CT molecular complexity index is 483. The first-order chi connectivity index (χ1) is 8.01. The Morgan fingerprint density at radius 2 is 2.41 bits per heavy atom. The molecule has 2 rings (SSSR count). The van der Waals surface area contributed by atoms with Gasteiger partial charge in [-0.1, -0.05) is 0 Å². The zero-order valence-corrected chi connectivity index (χ0v) is 11.4. The van der Waals surface area contributed by atoms with Crippen molar-refractivity contribution in [2.75, 3.05) is 20.1 Å². The molecular weight excluding hydrogens is 258 g/mol. The summed E-state index contributed by atoms with van der Waals surface area (Å²) in [4.78, 5) is 3.33. The van der Waals surface area contributed by atoms with Crippen LogP contribution >= 0.6 is 11.3 Å². The maximum atomic E-state index is 12.1. The second kappa shape index (κ2) is 5.03. The third kappa shape index (κ3) is 3.05. The van der Waals surface area contributed by atoms with Gasteiger partial charge in [0.25, 0.3) is 0 Å². The van der Waals surface area contributed by atoms with Crippen molar-refractivity contribution in [2.45, 2.75) is 23.9 Å². The molecule has 1 unspecified atom stereocenters. The molecule has 1 aliphatic heterocycles. The predicted molar refractivity (Wildman–Crippen MR) is 68.4 cm³/mol. The van der Waals surface area contributed by atoms with Gasteiger partial charge in [-0.2, -0.15) is 0 Å². The van der Waals surface area contributed by atoms with Gasteiger partial charge in [-0.05, 0) is 26.1 Å². The molecule has 0 amide bonds. The highest BCUT2D eigenvalue weighted by molar-refractivity contribution is 7.89. The molecule has 17 heavy (non-hydrogen) atoms. The molecule has 0 aliphatic carbocycles. The average Bonchev–Trinajstić information content (AvgIpc) is 2.86. The van der Waals surface area contributed by atoms with Crippen molar-refractivity contribution in [3.05, 3.63) is 16.3 Å². The lowest BCUT2D eigenvalue weighted by Gasteiger charge is -2.12. The Labute approximate surface area is 106 Å². The highest BCUT2D eigenvalue weighted by atomic mass is 32.2. The molecule has 1 aromatic rings. The van der Waals surface area contributed by atoms with Crippen LogP contribution in [0.1, 0.15) is 11.3 Å². The summed E-state index contributed by atoms with van der Waals surface area (Å²) in [6.45, 7) is 2.09. The van der Waals surface area contributed by atoms with Gasteiger partial charge in [-0.3, -0.25) is 0 Å². The van der Waals surface area contributed by atoms with Crippen molar-refractivity contribution in [3.63, 3.8) is 0 Å². The second-order valence-corrected chi connectivity index (χ2v) is 7.03. The van der Waals surface area contributed by atoms with Crippen LogP contribution in [0.25, 0.3) is 0 Å². The lowest BCUT2D eigenvalue weighted by Crippen LogP contribution is -2.36. The number of likely N-dealkylation sites (N-methyl/N-ethyl adjacent to an activating group) is 1. The van der Waals surface area contributed by atoms with E-state index in [-0.39, 0.29) is 6.04 Å². The number of rotatable bonds is 4. The Morgan fingerprint density at radius 1 is 1.65 bits per heavy atom. The van der Waals surface area contributed by atoms with Crippen LogP contribution in [0.15, 0.2) is 16.3 Å². The van der Waals surface area contributed by atoms with Gasteiger partial charge in [-0.25, -0.2) is 13.1 Å². The molecule has 0 radical (unpaired) electrons. The van der Waals surface area contributed by atoms with E-state index < -0.39 is 10.0 Å². The summed E-state index contributed by atoms with van der Waals surface area (Å²) < 4.78 is 26.9. The minimum absolute atomic E-state index is 0.0197. The zero-order chi connectivity index (χ0) is 12.5. The van der Waals surface area contributed by atoms with Crippen LogP contribution in [0.5, 0.6) is 0 Å². The first-order valence-electron chi connectivity index (χ1n) is 5.49. The molecule has 3 N–H and O–H groups in total. The number of hydrogen-bond acceptors (Lipinski definition) is 5. The molecule has 1 saturated heterocycles. The van der Waals surface area contributed by atoms with Crippen molar-refractivity contribution < 1.29 is 8.42 Å². The van der Waals surface area contributed by atoms with Gasteiger partial charge in [0.05, 0.1) is 4.90 Å². The third-order valence-corrected chi connectivity index (χ3v) is 5.46. The van der Waals surface area contributed by atoms with Crippen LogP contribution < -0.4 is 10.5 Å². The van der Waals surface area contributed by atoms with Gasteiger partial charge >= 0.3 is 0 Å². The van der Waals surface area contributed by atoms with Gasteiger partial charge < -0.3 is 10.6 Å². The summed E-state index contributed by atoms with van der Waals surface area (Å²) >= 11 is 1.38. The molecule has 2 heterocycles. The maximum absolute atomic E-state index is 12.1. The predicted octanol–water partition coefficient (Wildman–Crippen LogP) is 0.189. The first kappa shape index (κ1) is 13.0. The molecule has 5 nitrogen and oxygen atoms in total. The Morgan fingerprint density at radius 3 is 2.94 bits per heavy atom. The van der Waals surface area contributed by atoms with Crippen LogP contribution in [-0.2, 0) is 16.6 Å². The number of thiophene rings is 1. The highest BCUT2D eigenvalue weighted by Crippen LogP contribution is 2.20. The molecule has 7 heteroatoms. The molecule has 0 bridgehead atoms. The van der Waals surface area contributed by atoms with E-state index in [4.69, 9.17) is 5.73 Å². The molecule has 0 saturated carbocycles. The SMILES string of the molecule is CN1CCC(NS(=O)(=O)c2csc(CN)c2)C1. The standard InChI is InChI=1S/C10H17N3O2S2/c1-13-3-2-8(6-13)12-17(14,15)10-4-9(5-11)16-7-10/h4,7-8,12H,2-3,5-6,11H2,1H3. The van der Waals surface area contributed by atoms with Crippen molar-refractivity contribution in [1.82, 2.24) is 9.62 Å². The Kier molecular flexibility index (Phi) is 3.84. The fourth-order valence-corrected chi connectivity index (χ4v) is 4.34. The van der Waals surface area contributed by atoms with Crippen molar-refractivity contribution in [2.24, 2.45) is 5.73 Å². The summed E-state index contributed by atoms with van der Waals surface area (Å²) in [5.74, 6) is 0. The Balaban J connectivity index is 2.08. The number of nitrogens with zero attached hydrogens (tertiary/aromatic N) is 1. The van der Waals surface area contributed by atoms with Gasteiger partial charge in [0.15, 0.2) is 0 Å². The zero-order valence-electron chi connectivity index (χ0n) is 9.72. The van der Waals surface area contributed by atoms with E-state index >= 15 is 0 Å². The fourth-order valence-electron chi connectivity index (χ4n) is 1.93. The molecule has 96 valence electrons. The highest BCUT2D eigenvalue weighted by Gasteiger charge is 2.25. The van der Waals surface area contributed by atoms with Gasteiger partial charge in [-0.15, -0.1) is 11.3 Å². The fraction of sp³-hybridized carbons (Fsp3) is 0.600. The number of hydrogen-bond donors (Lipinski definition) is 2. The first-order valence-corrected chi connectivity index (χ1v) is 7.86. The molecule has 1 aliphatic rings. The van der Waals surface area contributed by atoms with E-state index in [0.29, 0.717) is 11.4 Å². The quantitative estimate of drug-likeness (QED) is 0.822. The Hall–Kier alpha value is -0.470. The van der Waals surface area contributed by atoms with E-state index in [1.807, 2.05) is 7.05 Å². The number of sulfonamides is 1. The summed E-state index contributed by atoms with van der Waals surface area (Å²) in [5.41, 5.74) is 5.48. The third-order valence-electron chi connectivity index (χ3n) is 2.85. The minimum Gasteiger partial charge on any atom is -0.326 e. The number of nitrogens with one attached hydrogen (secondary N) is 1. The van der Waals surface area contributed by atoms with E-state index in [1.54, 1.807) is 11.4 Å². The van der Waals surface area contributed by atoms with Gasteiger partial charge in [0.1, 0.15) is 0 Å². The summed E-state index contributed by atoms with van der Waals surface area (Å²) in [5, 5.41) is 1.64. The van der Waals surface area contributed by atoms with Crippen LogP contribution in [0.2, 0.25) is 0 Å².